The number of imidazole rings is 1. The zero-order chi connectivity index (χ0) is 26.4. The van der Waals surface area contributed by atoms with Gasteiger partial charge in [0.1, 0.15) is 5.82 Å². The Balaban J connectivity index is 1.04. The summed E-state index contributed by atoms with van der Waals surface area (Å²) in [4.78, 5) is 24.7. The minimum atomic E-state index is 0.00873. The molecule has 8 nitrogen and oxygen atoms in total. The molecule has 2 aliphatic rings. The molecule has 2 fully saturated rings. The van der Waals surface area contributed by atoms with Crippen LogP contribution in [0.15, 0.2) is 85.2 Å². The molecule has 0 aliphatic carbocycles. The average molecular weight is 522 g/mol. The van der Waals surface area contributed by atoms with Crippen LogP contribution in [-0.4, -0.2) is 81.3 Å². The number of hydrogen-bond donors (Lipinski definition) is 0. The topological polar surface area (TPSA) is 70.4 Å². The van der Waals surface area contributed by atoms with Crippen LogP contribution in [-0.2, 0) is 11.2 Å². The Kier molecular flexibility index (Phi) is 7.63. The highest BCUT2D eigenvalue weighted by atomic mass is 16.2. The van der Waals surface area contributed by atoms with Crippen LogP contribution in [0.2, 0.25) is 0 Å². The SMILES string of the molecule is O=C(C1CCCN(c2ccc(-n3ccnc3-c3ccccc3)nn2)C1)N1CCN(CCc2ccccc2)CC1. The van der Waals surface area contributed by atoms with Gasteiger partial charge < -0.3 is 9.80 Å². The summed E-state index contributed by atoms with van der Waals surface area (Å²) in [6.07, 6.45) is 6.66. The van der Waals surface area contributed by atoms with Gasteiger partial charge in [-0.3, -0.25) is 14.3 Å². The molecule has 4 heterocycles. The Labute approximate surface area is 229 Å². The van der Waals surface area contributed by atoms with Crippen molar-refractivity contribution in [2.75, 3.05) is 50.7 Å². The molecule has 2 saturated heterocycles. The Bertz CT molecular complexity index is 1350. The molecular weight excluding hydrogens is 486 g/mol. The normalized spacial score (nSPS) is 18.3. The minimum Gasteiger partial charge on any atom is -0.354 e. The molecule has 0 radical (unpaired) electrons. The zero-order valence-corrected chi connectivity index (χ0v) is 22.3. The number of carbonyl (C=O) groups is 1. The van der Waals surface area contributed by atoms with Crippen molar-refractivity contribution in [3.8, 4) is 17.2 Å². The molecule has 39 heavy (non-hydrogen) atoms. The number of piperidine rings is 1. The van der Waals surface area contributed by atoms with Crippen molar-refractivity contribution in [3.05, 3.63) is 90.8 Å². The van der Waals surface area contributed by atoms with Crippen molar-refractivity contribution >= 4 is 11.7 Å². The molecule has 1 unspecified atom stereocenters. The highest BCUT2D eigenvalue weighted by molar-refractivity contribution is 5.80. The summed E-state index contributed by atoms with van der Waals surface area (Å²) in [6.45, 7) is 6.15. The first-order valence-corrected chi connectivity index (χ1v) is 14.0. The third-order valence-electron chi connectivity index (χ3n) is 7.89. The number of carbonyl (C=O) groups excluding carboxylic acids is 1. The standard InChI is InChI=1S/C31H35N7O/c39-31(36-22-20-35(21-23-36)18-15-25-8-3-1-4-9-25)27-12-7-17-37(24-27)28-13-14-29(34-33-28)38-19-16-32-30(38)26-10-5-2-6-11-26/h1-6,8-11,13-14,16,19,27H,7,12,15,17-18,20-24H2. The van der Waals surface area contributed by atoms with Gasteiger partial charge in [-0.2, -0.15) is 0 Å². The molecule has 200 valence electrons. The molecule has 0 bridgehead atoms. The number of amides is 1. The van der Waals surface area contributed by atoms with Crippen LogP contribution < -0.4 is 4.90 Å². The van der Waals surface area contributed by atoms with Crippen LogP contribution in [0, 0.1) is 5.92 Å². The Morgan fingerprint density at radius 1 is 0.821 bits per heavy atom. The number of benzene rings is 2. The fraction of sp³-hybridized carbons (Fsp3) is 0.355. The quantitative estimate of drug-likeness (QED) is 0.367. The largest absolute Gasteiger partial charge is 0.354 e. The lowest BCUT2D eigenvalue weighted by Gasteiger charge is -2.39. The van der Waals surface area contributed by atoms with E-state index in [-0.39, 0.29) is 11.8 Å². The predicted octanol–water partition coefficient (Wildman–Crippen LogP) is 3.93. The summed E-state index contributed by atoms with van der Waals surface area (Å²) in [5.74, 6) is 2.68. The molecule has 0 N–H and O–H groups in total. The van der Waals surface area contributed by atoms with Gasteiger partial charge in [0, 0.05) is 63.8 Å². The van der Waals surface area contributed by atoms with Crippen LogP contribution >= 0.6 is 0 Å². The summed E-state index contributed by atoms with van der Waals surface area (Å²) in [6, 6.07) is 24.7. The van der Waals surface area contributed by atoms with Crippen molar-refractivity contribution < 1.29 is 4.79 Å². The van der Waals surface area contributed by atoms with Crippen molar-refractivity contribution in [1.29, 1.82) is 0 Å². The van der Waals surface area contributed by atoms with Crippen LogP contribution in [0.1, 0.15) is 18.4 Å². The van der Waals surface area contributed by atoms with E-state index in [1.54, 1.807) is 6.20 Å². The van der Waals surface area contributed by atoms with E-state index in [0.717, 1.165) is 81.6 Å². The van der Waals surface area contributed by atoms with Gasteiger partial charge in [-0.05, 0) is 37.0 Å². The summed E-state index contributed by atoms with van der Waals surface area (Å²) in [7, 11) is 0. The number of anilines is 1. The van der Waals surface area contributed by atoms with E-state index in [1.807, 2.05) is 53.2 Å². The van der Waals surface area contributed by atoms with Gasteiger partial charge in [0.25, 0.3) is 0 Å². The lowest BCUT2D eigenvalue weighted by Crippen LogP contribution is -2.52. The first-order valence-electron chi connectivity index (χ1n) is 14.0. The lowest BCUT2D eigenvalue weighted by molar-refractivity contribution is -0.137. The van der Waals surface area contributed by atoms with Crippen molar-refractivity contribution in [2.45, 2.75) is 19.3 Å². The van der Waals surface area contributed by atoms with Gasteiger partial charge in [-0.1, -0.05) is 60.7 Å². The minimum absolute atomic E-state index is 0.00873. The Morgan fingerprint density at radius 2 is 1.54 bits per heavy atom. The average Bonchev–Trinajstić information content (AvgIpc) is 3.51. The number of aromatic nitrogens is 4. The van der Waals surface area contributed by atoms with Crippen LogP contribution in [0.5, 0.6) is 0 Å². The van der Waals surface area contributed by atoms with Crippen LogP contribution in [0.25, 0.3) is 17.2 Å². The molecular formula is C31H35N7O. The third kappa shape index (κ3) is 5.86. The number of piperazine rings is 1. The van der Waals surface area contributed by atoms with Gasteiger partial charge in [0.05, 0.1) is 5.92 Å². The second-order valence-electron chi connectivity index (χ2n) is 10.4. The second-order valence-corrected chi connectivity index (χ2v) is 10.4. The molecule has 2 aliphatic heterocycles. The van der Waals surface area contributed by atoms with Gasteiger partial charge in [0.2, 0.25) is 5.91 Å². The molecule has 6 rings (SSSR count). The first kappa shape index (κ1) is 25.2. The highest BCUT2D eigenvalue weighted by Crippen LogP contribution is 2.25. The number of rotatable bonds is 7. The summed E-state index contributed by atoms with van der Waals surface area (Å²) < 4.78 is 1.95. The Morgan fingerprint density at radius 3 is 2.28 bits per heavy atom. The fourth-order valence-corrected chi connectivity index (χ4v) is 5.67. The van der Waals surface area contributed by atoms with Gasteiger partial charge in [-0.15, -0.1) is 10.2 Å². The molecule has 4 aromatic rings. The molecule has 8 heteroatoms. The van der Waals surface area contributed by atoms with Gasteiger partial charge >= 0.3 is 0 Å². The molecule has 1 atom stereocenters. The molecule has 2 aromatic heterocycles. The maximum Gasteiger partial charge on any atom is 0.227 e. The summed E-state index contributed by atoms with van der Waals surface area (Å²) in [5, 5.41) is 9.07. The van der Waals surface area contributed by atoms with E-state index in [1.165, 1.54) is 5.56 Å². The number of nitrogens with zero attached hydrogens (tertiary/aromatic N) is 7. The van der Waals surface area contributed by atoms with E-state index in [4.69, 9.17) is 0 Å². The van der Waals surface area contributed by atoms with Crippen molar-refractivity contribution in [1.82, 2.24) is 29.5 Å². The predicted molar refractivity (Wildman–Crippen MR) is 153 cm³/mol. The maximum atomic E-state index is 13.4. The van der Waals surface area contributed by atoms with Crippen molar-refractivity contribution in [3.63, 3.8) is 0 Å². The van der Waals surface area contributed by atoms with Crippen LogP contribution in [0.3, 0.4) is 0 Å². The first-order chi connectivity index (χ1) is 19.2. The van der Waals surface area contributed by atoms with Crippen LogP contribution in [0.4, 0.5) is 5.82 Å². The highest BCUT2D eigenvalue weighted by Gasteiger charge is 2.31. The fourth-order valence-electron chi connectivity index (χ4n) is 5.67. The Hall–Kier alpha value is -4.04. The van der Waals surface area contributed by atoms with Crippen molar-refractivity contribution in [2.24, 2.45) is 5.92 Å². The molecule has 0 spiro atoms. The second kappa shape index (κ2) is 11.8. The zero-order valence-electron chi connectivity index (χ0n) is 22.3. The molecule has 0 saturated carbocycles. The number of hydrogen-bond acceptors (Lipinski definition) is 6. The smallest absolute Gasteiger partial charge is 0.227 e. The van der Waals surface area contributed by atoms with E-state index in [9.17, 15) is 4.79 Å². The lowest BCUT2D eigenvalue weighted by atomic mass is 9.96. The monoisotopic (exact) mass is 521 g/mol. The van der Waals surface area contributed by atoms with Gasteiger partial charge in [0.15, 0.2) is 11.6 Å². The maximum absolute atomic E-state index is 13.4. The summed E-state index contributed by atoms with van der Waals surface area (Å²) >= 11 is 0. The molecule has 1 amide bonds. The van der Waals surface area contributed by atoms with E-state index in [0.29, 0.717) is 6.54 Å². The third-order valence-corrected chi connectivity index (χ3v) is 7.89. The van der Waals surface area contributed by atoms with Gasteiger partial charge in [-0.25, -0.2) is 4.98 Å². The van der Waals surface area contributed by atoms with E-state index < -0.39 is 0 Å². The van der Waals surface area contributed by atoms with E-state index in [2.05, 4.69) is 60.2 Å². The molecule has 2 aromatic carbocycles. The summed E-state index contributed by atoms with van der Waals surface area (Å²) in [5.41, 5.74) is 2.40. The van der Waals surface area contributed by atoms with E-state index >= 15 is 0 Å².